The molecule has 1 fully saturated rings. The summed E-state index contributed by atoms with van der Waals surface area (Å²) in [5.74, 6) is -3.21. The number of rotatable bonds is 4. The number of piperidine rings is 1. The van der Waals surface area contributed by atoms with Gasteiger partial charge < -0.3 is 10.0 Å². The van der Waals surface area contributed by atoms with E-state index in [1.54, 1.807) is 6.92 Å². The molecule has 0 atom stereocenters. The van der Waals surface area contributed by atoms with Crippen molar-refractivity contribution < 1.29 is 18.7 Å². The van der Waals surface area contributed by atoms with E-state index in [2.05, 4.69) is 20.0 Å². The van der Waals surface area contributed by atoms with Crippen molar-refractivity contribution in [3.8, 4) is 0 Å². The highest BCUT2D eigenvalue weighted by molar-refractivity contribution is 5.65. The van der Waals surface area contributed by atoms with Crippen LogP contribution < -0.4 is 4.91 Å². The molecular weight excluding hydrogens is 310 g/mol. The summed E-state index contributed by atoms with van der Waals surface area (Å²) in [6.07, 6.45) is 0.918. The first-order valence-electron chi connectivity index (χ1n) is 7.08. The standard InChI is InChI=1S/C13H16F2N6O2/c1-8-17-6-10(13(14,15)7-18-20-16)11(19-8)9-2-4-21(5-3-9)12(22)23/h6,9,16H,2-5,7H2,1H3/p+1. The minimum Gasteiger partial charge on any atom is -0.465 e. The molecule has 1 aromatic rings. The normalized spacial score (nSPS) is 16.0. The number of carbonyl (C=O) groups is 1. The highest BCUT2D eigenvalue weighted by Gasteiger charge is 2.39. The third-order valence-corrected chi connectivity index (χ3v) is 3.82. The zero-order valence-electron chi connectivity index (χ0n) is 12.5. The number of alkyl halides is 2. The zero-order valence-corrected chi connectivity index (χ0v) is 12.5. The van der Waals surface area contributed by atoms with Crippen molar-refractivity contribution in [3.05, 3.63) is 23.3 Å². The van der Waals surface area contributed by atoms with Crippen LogP contribution in [0, 0.1) is 12.5 Å². The summed E-state index contributed by atoms with van der Waals surface area (Å²) < 4.78 is 28.5. The summed E-state index contributed by atoms with van der Waals surface area (Å²) in [4.78, 5) is 22.8. The van der Waals surface area contributed by atoms with Crippen LogP contribution in [0.3, 0.4) is 0 Å². The average molecular weight is 327 g/mol. The third kappa shape index (κ3) is 3.84. The number of hydrogen-bond donors (Lipinski definition) is 2. The fraction of sp³-hybridized carbons (Fsp3) is 0.615. The molecule has 1 aliphatic rings. The minimum atomic E-state index is -3.32. The topological polar surface area (TPSA) is 117 Å². The lowest BCUT2D eigenvalue weighted by Crippen LogP contribution is -2.37. The molecule has 0 saturated carbocycles. The summed E-state index contributed by atoms with van der Waals surface area (Å²) in [6, 6.07) is 0. The van der Waals surface area contributed by atoms with Crippen molar-refractivity contribution in [2.45, 2.75) is 31.6 Å². The van der Waals surface area contributed by atoms with Gasteiger partial charge in [0.2, 0.25) is 4.91 Å². The number of nitrogens with zero attached hydrogens (tertiary/aromatic N) is 5. The van der Waals surface area contributed by atoms with Gasteiger partial charge >= 0.3 is 12.0 Å². The minimum absolute atomic E-state index is 0.229. The quantitative estimate of drug-likeness (QED) is 0.651. The molecule has 1 aliphatic heterocycles. The Bertz CT molecular complexity index is 639. The molecule has 0 radical (unpaired) electrons. The predicted octanol–water partition coefficient (Wildman–Crippen LogP) is 2.28. The van der Waals surface area contributed by atoms with Gasteiger partial charge in [-0.25, -0.2) is 14.8 Å². The summed E-state index contributed by atoms with van der Waals surface area (Å²) in [5.41, 5.74) is 6.42. The van der Waals surface area contributed by atoms with E-state index in [1.165, 1.54) is 4.90 Å². The van der Waals surface area contributed by atoms with Gasteiger partial charge in [-0.05, 0) is 19.8 Å². The molecule has 1 amide bonds. The van der Waals surface area contributed by atoms with Gasteiger partial charge in [-0.3, -0.25) is 0 Å². The molecule has 8 nitrogen and oxygen atoms in total. The Morgan fingerprint density at radius 3 is 2.78 bits per heavy atom. The molecule has 124 valence electrons. The SMILES string of the molecule is Cc1ncc(C(F)(F)CN=[N+]=N)c(C2CCN(C(=O)O)CC2)n1. The molecule has 23 heavy (non-hydrogen) atoms. The van der Waals surface area contributed by atoms with Gasteiger partial charge in [-0.15, -0.1) is 0 Å². The Balaban J connectivity index is 2.29. The summed E-state index contributed by atoms with van der Waals surface area (Å²) in [5, 5.41) is 12.0. The van der Waals surface area contributed by atoms with Crippen LogP contribution in [0.15, 0.2) is 11.3 Å². The van der Waals surface area contributed by atoms with E-state index in [0.29, 0.717) is 18.7 Å². The number of nitrogens with one attached hydrogen (secondary N) is 1. The Morgan fingerprint density at radius 2 is 2.22 bits per heavy atom. The maximum absolute atomic E-state index is 14.3. The van der Waals surface area contributed by atoms with Crippen LogP contribution in [0.2, 0.25) is 0 Å². The molecule has 0 spiro atoms. The first kappa shape index (κ1) is 16.9. The van der Waals surface area contributed by atoms with Crippen LogP contribution in [0.1, 0.15) is 35.8 Å². The lowest BCUT2D eigenvalue weighted by molar-refractivity contribution is 0.00209. The molecule has 0 bridgehead atoms. The molecule has 0 aliphatic carbocycles. The largest absolute Gasteiger partial charge is 0.465 e. The van der Waals surface area contributed by atoms with E-state index < -0.39 is 18.6 Å². The van der Waals surface area contributed by atoms with Crippen LogP contribution in [-0.4, -0.2) is 45.7 Å². The third-order valence-electron chi connectivity index (χ3n) is 3.82. The number of aryl methyl sites for hydroxylation is 1. The summed E-state index contributed by atoms with van der Waals surface area (Å²) >= 11 is 0. The van der Waals surface area contributed by atoms with Gasteiger partial charge in [0.15, 0.2) is 6.54 Å². The van der Waals surface area contributed by atoms with Crippen LogP contribution in [-0.2, 0) is 5.92 Å². The molecule has 10 heteroatoms. The Kier molecular flexibility index (Phi) is 4.95. The fourth-order valence-electron chi connectivity index (χ4n) is 2.63. The van der Waals surface area contributed by atoms with Gasteiger partial charge in [0.1, 0.15) is 16.5 Å². The highest BCUT2D eigenvalue weighted by atomic mass is 19.3. The number of hydrogen-bond acceptors (Lipinski definition) is 5. The summed E-state index contributed by atoms with van der Waals surface area (Å²) in [6.45, 7) is 1.23. The van der Waals surface area contributed by atoms with E-state index in [9.17, 15) is 13.6 Å². The predicted molar refractivity (Wildman–Crippen MR) is 74.4 cm³/mol. The Morgan fingerprint density at radius 1 is 1.57 bits per heavy atom. The van der Waals surface area contributed by atoms with Gasteiger partial charge in [-0.1, -0.05) is 0 Å². The first-order valence-corrected chi connectivity index (χ1v) is 7.08. The maximum atomic E-state index is 14.3. The lowest BCUT2D eigenvalue weighted by Gasteiger charge is -2.31. The van der Waals surface area contributed by atoms with E-state index >= 15 is 0 Å². The van der Waals surface area contributed by atoms with Crippen molar-refractivity contribution in [1.29, 1.82) is 5.53 Å². The van der Waals surface area contributed by atoms with Gasteiger partial charge in [0, 0.05) is 25.2 Å². The van der Waals surface area contributed by atoms with Crippen LogP contribution >= 0.6 is 0 Å². The van der Waals surface area contributed by atoms with Crippen LogP contribution in [0.4, 0.5) is 13.6 Å². The number of halogens is 2. The number of likely N-dealkylation sites (tertiary alicyclic amines) is 1. The Labute approximate surface area is 130 Å². The second-order valence-corrected chi connectivity index (χ2v) is 5.36. The molecule has 2 heterocycles. The van der Waals surface area contributed by atoms with Gasteiger partial charge in [-0.2, -0.15) is 8.78 Å². The number of carboxylic acid groups (broad SMARTS) is 1. The van der Waals surface area contributed by atoms with Crippen LogP contribution in [0.25, 0.3) is 0 Å². The smallest absolute Gasteiger partial charge is 0.407 e. The number of amides is 1. The van der Waals surface area contributed by atoms with E-state index in [-0.39, 0.29) is 30.3 Å². The van der Waals surface area contributed by atoms with Crippen LogP contribution in [0.5, 0.6) is 0 Å². The maximum Gasteiger partial charge on any atom is 0.407 e. The molecule has 1 aromatic heterocycles. The van der Waals surface area contributed by atoms with Gasteiger partial charge in [0.25, 0.3) is 0 Å². The van der Waals surface area contributed by atoms with E-state index in [4.69, 9.17) is 10.6 Å². The van der Waals surface area contributed by atoms with Crippen molar-refractivity contribution >= 4 is 6.09 Å². The van der Waals surface area contributed by atoms with Crippen molar-refractivity contribution in [2.75, 3.05) is 19.6 Å². The number of aromatic nitrogens is 2. The van der Waals surface area contributed by atoms with Crippen molar-refractivity contribution in [1.82, 2.24) is 19.8 Å². The fourth-order valence-corrected chi connectivity index (χ4v) is 2.63. The average Bonchev–Trinajstić information content (AvgIpc) is 2.52. The molecule has 2 N–H and O–H groups in total. The van der Waals surface area contributed by atoms with Crippen molar-refractivity contribution in [2.24, 2.45) is 5.11 Å². The second kappa shape index (κ2) is 6.74. The second-order valence-electron chi connectivity index (χ2n) is 5.36. The van der Waals surface area contributed by atoms with E-state index in [1.807, 2.05) is 0 Å². The molecule has 0 aromatic carbocycles. The molecule has 1 saturated heterocycles. The molecule has 2 rings (SSSR count). The summed E-state index contributed by atoms with van der Waals surface area (Å²) in [7, 11) is 0. The monoisotopic (exact) mass is 327 g/mol. The molecule has 0 unspecified atom stereocenters. The van der Waals surface area contributed by atoms with E-state index in [0.717, 1.165) is 6.20 Å². The highest BCUT2D eigenvalue weighted by Crippen LogP contribution is 2.36. The molecular formula is C13H17F2N6O2+. The van der Waals surface area contributed by atoms with Crippen molar-refractivity contribution in [3.63, 3.8) is 0 Å². The zero-order chi connectivity index (χ0) is 17.0. The van der Waals surface area contributed by atoms with Gasteiger partial charge in [0.05, 0.1) is 11.3 Å². The lowest BCUT2D eigenvalue weighted by atomic mass is 9.89. The first-order chi connectivity index (χ1) is 10.8. The Hall–Kier alpha value is -2.48.